The lowest BCUT2D eigenvalue weighted by molar-refractivity contribution is 0.288. The summed E-state index contributed by atoms with van der Waals surface area (Å²) in [4.78, 5) is 13.8. The van der Waals surface area contributed by atoms with Gasteiger partial charge in [-0.15, -0.1) is 0 Å². The van der Waals surface area contributed by atoms with Gasteiger partial charge in [-0.05, 0) is 42.9 Å². The van der Waals surface area contributed by atoms with E-state index in [2.05, 4.69) is 20.8 Å². The Kier molecular flexibility index (Phi) is 3.94. The summed E-state index contributed by atoms with van der Waals surface area (Å²) in [6.07, 6.45) is 1.66. The first-order valence-corrected chi connectivity index (χ1v) is 7.34. The second kappa shape index (κ2) is 5.87. The fourth-order valence-electron chi connectivity index (χ4n) is 2.35. The Morgan fingerprint density at radius 3 is 2.81 bits per heavy atom. The first-order chi connectivity index (χ1) is 10.1. The SMILES string of the molecule is CN(Cc1ccco1)Cc1cc(=O)oc2cc(Br)ccc12. The van der Waals surface area contributed by atoms with Crippen LogP contribution in [0.1, 0.15) is 11.3 Å². The molecule has 2 aromatic heterocycles. The zero-order valence-electron chi connectivity index (χ0n) is 11.5. The summed E-state index contributed by atoms with van der Waals surface area (Å²) in [5.74, 6) is 0.896. The van der Waals surface area contributed by atoms with Crippen LogP contribution in [-0.2, 0) is 13.1 Å². The fraction of sp³-hybridized carbons (Fsp3) is 0.188. The van der Waals surface area contributed by atoms with Crippen LogP contribution in [0.25, 0.3) is 11.0 Å². The van der Waals surface area contributed by atoms with Crippen molar-refractivity contribution in [1.29, 1.82) is 0 Å². The summed E-state index contributed by atoms with van der Waals surface area (Å²) >= 11 is 3.39. The van der Waals surface area contributed by atoms with Gasteiger partial charge >= 0.3 is 5.63 Å². The van der Waals surface area contributed by atoms with Gasteiger partial charge in [0.2, 0.25) is 0 Å². The molecule has 0 N–H and O–H groups in total. The van der Waals surface area contributed by atoms with Gasteiger partial charge in [0.05, 0.1) is 12.8 Å². The maximum Gasteiger partial charge on any atom is 0.336 e. The molecule has 0 unspecified atom stereocenters. The van der Waals surface area contributed by atoms with Crippen LogP contribution in [0.3, 0.4) is 0 Å². The van der Waals surface area contributed by atoms with Gasteiger partial charge in [0, 0.05) is 22.5 Å². The lowest BCUT2D eigenvalue weighted by Gasteiger charge is -2.16. The Balaban J connectivity index is 1.91. The molecule has 1 aromatic carbocycles. The summed E-state index contributed by atoms with van der Waals surface area (Å²) in [5.41, 5.74) is 1.21. The number of benzene rings is 1. The molecule has 5 heteroatoms. The molecular formula is C16H14BrNO3. The van der Waals surface area contributed by atoms with Gasteiger partial charge in [-0.3, -0.25) is 4.90 Å². The second-order valence-electron chi connectivity index (χ2n) is 4.98. The smallest absolute Gasteiger partial charge is 0.336 e. The molecule has 0 spiro atoms. The zero-order chi connectivity index (χ0) is 14.8. The highest BCUT2D eigenvalue weighted by Crippen LogP contribution is 2.22. The number of fused-ring (bicyclic) bond motifs is 1. The molecule has 0 saturated heterocycles. The highest BCUT2D eigenvalue weighted by Gasteiger charge is 2.10. The molecular weight excluding hydrogens is 334 g/mol. The molecule has 3 aromatic rings. The van der Waals surface area contributed by atoms with Crippen molar-refractivity contribution in [1.82, 2.24) is 4.90 Å². The van der Waals surface area contributed by atoms with Crippen molar-refractivity contribution < 1.29 is 8.83 Å². The Morgan fingerprint density at radius 1 is 1.19 bits per heavy atom. The maximum atomic E-state index is 11.7. The minimum Gasteiger partial charge on any atom is -0.468 e. The highest BCUT2D eigenvalue weighted by atomic mass is 79.9. The Morgan fingerprint density at radius 2 is 2.05 bits per heavy atom. The number of hydrogen-bond acceptors (Lipinski definition) is 4. The average Bonchev–Trinajstić information content (AvgIpc) is 2.90. The van der Waals surface area contributed by atoms with Crippen molar-refractivity contribution in [3.05, 3.63) is 68.9 Å². The molecule has 0 radical (unpaired) electrons. The highest BCUT2D eigenvalue weighted by molar-refractivity contribution is 9.10. The van der Waals surface area contributed by atoms with Crippen LogP contribution in [0, 0.1) is 0 Å². The van der Waals surface area contributed by atoms with E-state index in [1.54, 1.807) is 12.3 Å². The molecule has 0 aliphatic rings. The number of rotatable bonds is 4. The lowest BCUT2D eigenvalue weighted by Crippen LogP contribution is -2.18. The van der Waals surface area contributed by atoms with Crippen LogP contribution in [0.5, 0.6) is 0 Å². The number of hydrogen-bond donors (Lipinski definition) is 0. The summed E-state index contributed by atoms with van der Waals surface area (Å²) < 4.78 is 11.5. The van der Waals surface area contributed by atoms with Gasteiger partial charge < -0.3 is 8.83 Å². The molecule has 0 bridgehead atoms. The van der Waals surface area contributed by atoms with Crippen molar-refractivity contribution in [2.24, 2.45) is 0 Å². The third kappa shape index (κ3) is 3.25. The third-order valence-electron chi connectivity index (χ3n) is 3.24. The second-order valence-corrected chi connectivity index (χ2v) is 5.90. The molecule has 0 atom stereocenters. The van der Waals surface area contributed by atoms with Crippen molar-refractivity contribution in [3.8, 4) is 0 Å². The molecule has 3 rings (SSSR count). The predicted octanol–water partition coefficient (Wildman–Crippen LogP) is 3.78. The van der Waals surface area contributed by atoms with Gasteiger partial charge in [0.15, 0.2) is 0 Å². The van der Waals surface area contributed by atoms with E-state index in [1.807, 2.05) is 37.4 Å². The van der Waals surface area contributed by atoms with E-state index in [1.165, 1.54) is 0 Å². The minimum atomic E-state index is -0.331. The summed E-state index contributed by atoms with van der Waals surface area (Å²) in [5, 5.41) is 0.948. The van der Waals surface area contributed by atoms with Gasteiger partial charge in [-0.2, -0.15) is 0 Å². The maximum absolute atomic E-state index is 11.7. The number of furan rings is 1. The van der Waals surface area contributed by atoms with Gasteiger partial charge in [-0.25, -0.2) is 4.79 Å². The summed E-state index contributed by atoms with van der Waals surface area (Å²) in [6, 6.07) is 11.1. The third-order valence-corrected chi connectivity index (χ3v) is 3.73. The first kappa shape index (κ1) is 14.1. The van der Waals surface area contributed by atoms with Crippen LogP contribution in [-0.4, -0.2) is 11.9 Å². The van der Waals surface area contributed by atoms with E-state index < -0.39 is 0 Å². The largest absolute Gasteiger partial charge is 0.468 e. The normalized spacial score (nSPS) is 11.4. The molecule has 2 heterocycles. The van der Waals surface area contributed by atoms with Crippen molar-refractivity contribution in [2.75, 3.05) is 7.05 Å². The van der Waals surface area contributed by atoms with Crippen LogP contribution < -0.4 is 5.63 Å². The van der Waals surface area contributed by atoms with Crippen LogP contribution in [0.2, 0.25) is 0 Å². The topological polar surface area (TPSA) is 46.6 Å². The Hall–Kier alpha value is -1.85. The van der Waals surface area contributed by atoms with Crippen molar-refractivity contribution in [3.63, 3.8) is 0 Å². The quantitative estimate of drug-likeness (QED) is 0.673. The van der Waals surface area contributed by atoms with Gasteiger partial charge in [-0.1, -0.05) is 15.9 Å². The van der Waals surface area contributed by atoms with Gasteiger partial charge in [0.1, 0.15) is 11.3 Å². The van der Waals surface area contributed by atoms with E-state index in [9.17, 15) is 4.79 Å². The van der Waals surface area contributed by atoms with Crippen LogP contribution in [0.4, 0.5) is 0 Å². The molecule has 0 saturated carbocycles. The van der Waals surface area contributed by atoms with E-state index in [4.69, 9.17) is 8.83 Å². The van der Waals surface area contributed by atoms with Crippen LogP contribution in [0.15, 0.2) is 60.8 Å². The van der Waals surface area contributed by atoms with E-state index in [0.29, 0.717) is 18.7 Å². The fourth-order valence-corrected chi connectivity index (χ4v) is 2.69. The summed E-state index contributed by atoms with van der Waals surface area (Å²) in [6.45, 7) is 1.33. The minimum absolute atomic E-state index is 0.331. The molecule has 0 fully saturated rings. The van der Waals surface area contributed by atoms with Crippen molar-refractivity contribution >= 4 is 26.9 Å². The molecule has 4 nitrogen and oxygen atoms in total. The molecule has 0 aliphatic heterocycles. The number of halogens is 1. The predicted molar refractivity (Wildman–Crippen MR) is 84.1 cm³/mol. The molecule has 21 heavy (non-hydrogen) atoms. The van der Waals surface area contributed by atoms with E-state index in [0.717, 1.165) is 21.2 Å². The van der Waals surface area contributed by atoms with E-state index >= 15 is 0 Å². The van der Waals surface area contributed by atoms with Gasteiger partial charge in [0.25, 0.3) is 0 Å². The lowest BCUT2D eigenvalue weighted by atomic mass is 10.1. The summed E-state index contributed by atoms with van der Waals surface area (Å²) in [7, 11) is 1.99. The monoisotopic (exact) mass is 347 g/mol. The first-order valence-electron chi connectivity index (χ1n) is 6.55. The molecule has 0 amide bonds. The van der Waals surface area contributed by atoms with Crippen molar-refractivity contribution in [2.45, 2.75) is 13.1 Å². The average molecular weight is 348 g/mol. The molecule has 108 valence electrons. The van der Waals surface area contributed by atoms with E-state index in [-0.39, 0.29) is 5.63 Å². The Labute approximate surface area is 130 Å². The Bertz CT molecular complexity index is 808. The number of nitrogens with zero attached hydrogens (tertiary/aromatic N) is 1. The zero-order valence-corrected chi connectivity index (χ0v) is 13.1. The van der Waals surface area contributed by atoms with Crippen LogP contribution >= 0.6 is 15.9 Å². The standard InChI is InChI=1S/C16H14BrNO3/c1-18(10-13-3-2-6-20-13)9-11-7-16(19)21-15-8-12(17)4-5-14(11)15/h2-8H,9-10H2,1H3. The molecule has 0 aliphatic carbocycles.